The zero-order valence-corrected chi connectivity index (χ0v) is 9.10. The molecule has 5 nitrogen and oxygen atoms in total. The molecule has 5 heteroatoms. The Hall–Kier alpha value is -2.43. The largest absolute Gasteiger partial charge is 0.477 e. The van der Waals surface area contributed by atoms with E-state index in [4.69, 9.17) is 5.11 Å². The summed E-state index contributed by atoms with van der Waals surface area (Å²) in [5.74, 6) is -1.33. The topological polar surface area (TPSA) is 83.0 Å². The summed E-state index contributed by atoms with van der Waals surface area (Å²) in [5.41, 5.74) is 1.41. The van der Waals surface area contributed by atoms with E-state index in [0.717, 1.165) is 0 Å². The Morgan fingerprint density at radius 2 is 2.18 bits per heavy atom. The average Bonchev–Trinajstić information content (AvgIpc) is 2.78. The van der Waals surface area contributed by atoms with E-state index in [0.29, 0.717) is 16.8 Å². The molecule has 2 aromatic heterocycles. The molecule has 2 rings (SSSR count). The molecule has 0 saturated carbocycles. The Morgan fingerprint density at radius 1 is 1.41 bits per heavy atom. The number of aromatic carboxylic acids is 1. The van der Waals surface area contributed by atoms with Gasteiger partial charge in [0, 0.05) is 29.2 Å². The number of aryl methyl sites for hydroxylation is 1. The van der Waals surface area contributed by atoms with Crippen molar-refractivity contribution in [3.05, 3.63) is 53.1 Å². The number of carbonyl (C=O) groups excluding carboxylic acids is 1. The number of aromatic amines is 1. The molecule has 2 aromatic rings. The van der Waals surface area contributed by atoms with Crippen LogP contribution in [-0.4, -0.2) is 26.8 Å². The van der Waals surface area contributed by atoms with Gasteiger partial charge in [-0.25, -0.2) is 4.79 Å². The highest BCUT2D eigenvalue weighted by atomic mass is 16.4. The fourth-order valence-corrected chi connectivity index (χ4v) is 1.53. The van der Waals surface area contributed by atoms with E-state index in [9.17, 15) is 9.59 Å². The maximum absolute atomic E-state index is 12.1. The van der Waals surface area contributed by atoms with Crippen LogP contribution in [0.2, 0.25) is 0 Å². The average molecular weight is 230 g/mol. The van der Waals surface area contributed by atoms with E-state index in [1.165, 1.54) is 12.3 Å². The number of H-pyrrole nitrogens is 1. The Labute approximate surface area is 97.1 Å². The Balaban J connectivity index is 2.37. The maximum atomic E-state index is 12.1. The monoisotopic (exact) mass is 230 g/mol. The molecule has 0 fully saturated rings. The number of nitrogens with zero attached hydrogens (tertiary/aromatic N) is 1. The molecule has 0 bridgehead atoms. The van der Waals surface area contributed by atoms with Crippen LogP contribution in [0.1, 0.15) is 32.1 Å². The predicted molar refractivity (Wildman–Crippen MR) is 60.2 cm³/mol. The van der Waals surface area contributed by atoms with Crippen molar-refractivity contribution in [2.45, 2.75) is 6.92 Å². The van der Waals surface area contributed by atoms with Gasteiger partial charge >= 0.3 is 5.97 Å². The lowest BCUT2D eigenvalue weighted by atomic mass is 10.0. The second-order valence-corrected chi connectivity index (χ2v) is 3.57. The Bertz CT molecular complexity index is 587. The van der Waals surface area contributed by atoms with Gasteiger partial charge < -0.3 is 10.1 Å². The number of nitrogens with one attached hydrogen (secondary N) is 1. The van der Waals surface area contributed by atoms with Crippen molar-refractivity contribution in [2.75, 3.05) is 0 Å². The van der Waals surface area contributed by atoms with E-state index in [2.05, 4.69) is 9.97 Å². The van der Waals surface area contributed by atoms with Crippen molar-refractivity contribution >= 4 is 11.8 Å². The van der Waals surface area contributed by atoms with E-state index >= 15 is 0 Å². The number of aromatic nitrogens is 2. The van der Waals surface area contributed by atoms with Crippen LogP contribution in [0.5, 0.6) is 0 Å². The third-order valence-electron chi connectivity index (χ3n) is 2.43. The van der Waals surface area contributed by atoms with Gasteiger partial charge in [0.05, 0.1) is 0 Å². The summed E-state index contributed by atoms with van der Waals surface area (Å²) in [5, 5.41) is 8.75. The van der Waals surface area contributed by atoms with Crippen LogP contribution < -0.4 is 0 Å². The first-order valence-corrected chi connectivity index (χ1v) is 4.97. The minimum atomic E-state index is -1.09. The van der Waals surface area contributed by atoms with Crippen LogP contribution in [-0.2, 0) is 0 Å². The molecule has 0 aliphatic rings. The predicted octanol–water partition coefficient (Wildman–Crippen LogP) is 1.65. The van der Waals surface area contributed by atoms with Crippen LogP contribution in [0, 0.1) is 6.92 Å². The lowest BCUT2D eigenvalue weighted by Gasteiger charge is -2.00. The minimum Gasteiger partial charge on any atom is -0.477 e. The van der Waals surface area contributed by atoms with Crippen LogP contribution >= 0.6 is 0 Å². The molecular formula is C12H10N2O3. The zero-order valence-electron chi connectivity index (χ0n) is 9.10. The third-order valence-corrected chi connectivity index (χ3v) is 2.43. The van der Waals surface area contributed by atoms with Crippen molar-refractivity contribution in [1.29, 1.82) is 0 Å². The first kappa shape index (κ1) is 11.1. The molecule has 86 valence electrons. The van der Waals surface area contributed by atoms with Gasteiger partial charge in [-0.05, 0) is 25.1 Å². The van der Waals surface area contributed by atoms with E-state index in [-0.39, 0.29) is 11.5 Å². The summed E-state index contributed by atoms with van der Waals surface area (Å²) >= 11 is 0. The lowest BCUT2D eigenvalue weighted by Crippen LogP contribution is -2.03. The van der Waals surface area contributed by atoms with Crippen molar-refractivity contribution in [1.82, 2.24) is 9.97 Å². The smallest absolute Gasteiger partial charge is 0.352 e. The fourth-order valence-electron chi connectivity index (χ4n) is 1.53. The van der Waals surface area contributed by atoms with Gasteiger partial charge in [-0.15, -0.1) is 0 Å². The van der Waals surface area contributed by atoms with Crippen LogP contribution in [0.15, 0.2) is 30.6 Å². The summed E-state index contributed by atoms with van der Waals surface area (Å²) in [6, 6.07) is 4.65. The molecule has 0 amide bonds. The highest BCUT2D eigenvalue weighted by molar-refractivity contribution is 6.10. The van der Waals surface area contributed by atoms with E-state index in [1.807, 2.05) is 0 Å². The summed E-state index contributed by atoms with van der Waals surface area (Å²) in [6.45, 7) is 1.73. The Kier molecular flexibility index (Phi) is 2.74. The molecule has 2 N–H and O–H groups in total. The minimum absolute atomic E-state index is 0.00473. The van der Waals surface area contributed by atoms with Crippen LogP contribution in [0.25, 0.3) is 0 Å². The number of ketones is 1. The van der Waals surface area contributed by atoms with Crippen molar-refractivity contribution < 1.29 is 14.7 Å². The van der Waals surface area contributed by atoms with Crippen LogP contribution in [0.3, 0.4) is 0 Å². The lowest BCUT2D eigenvalue weighted by molar-refractivity contribution is 0.0691. The summed E-state index contributed by atoms with van der Waals surface area (Å²) in [7, 11) is 0. The molecule has 0 spiro atoms. The number of hydrogen-bond acceptors (Lipinski definition) is 3. The fraction of sp³-hybridized carbons (Fsp3) is 0.0833. The SMILES string of the molecule is Cc1ncccc1C(=O)c1c[nH]c(C(=O)O)c1. The molecule has 0 aromatic carbocycles. The number of rotatable bonds is 3. The third kappa shape index (κ3) is 2.08. The molecule has 0 aliphatic carbocycles. The quantitative estimate of drug-likeness (QED) is 0.785. The summed E-state index contributed by atoms with van der Waals surface area (Å²) < 4.78 is 0. The maximum Gasteiger partial charge on any atom is 0.352 e. The normalized spacial score (nSPS) is 10.2. The van der Waals surface area contributed by atoms with Crippen molar-refractivity contribution in [3.63, 3.8) is 0 Å². The molecule has 0 radical (unpaired) electrons. The highest BCUT2D eigenvalue weighted by Gasteiger charge is 2.15. The van der Waals surface area contributed by atoms with Gasteiger partial charge in [0.2, 0.25) is 0 Å². The molecule has 0 aliphatic heterocycles. The van der Waals surface area contributed by atoms with E-state index < -0.39 is 5.97 Å². The second kappa shape index (κ2) is 4.21. The molecule has 0 unspecified atom stereocenters. The van der Waals surface area contributed by atoms with Gasteiger partial charge in [-0.1, -0.05) is 0 Å². The Morgan fingerprint density at radius 3 is 2.76 bits per heavy atom. The first-order chi connectivity index (χ1) is 8.09. The standard InChI is InChI=1S/C12H10N2O3/c1-7-9(3-2-4-13-7)11(15)8-5-10(12(16)17)14-6-8/h2-6,14H,1H3,(H,16,17). The van der Waals surface area contributed by atoms with Gasteiger partial charge in [-0.2, -0.15) is 0 Å². The number of hydrogen-bond donors (Lipinski definition) is 2. The van der Waals surface area contributed by atoms with E-state index in [1.54, 1.807) is 25.3 Å². The molecular weight excluding hydrogens is 220 g/mol. The van der Waals surface area contributed by atoms with Crippen LogP contribution in [0.4, 0.5) is 0 Å². The first-order valence-electron chi connectivity index (χ1n) is 4.97. The van der Waals surface area contributed by atoms with Gasteiger partial charge in [0.1, 0.15) is 5.69 Å². The van der Waals surface area contributed by atoms with Gasteiger partial charge in [0.15, 0.2) is 5.78 Å². The summed E-state index contributed by atoms with van der Waals surface area (Å²) in [4.78, 5) is 29.3. The molecule has 17 heavy (non-hydrogen) atoms. The number of carbonyl (C=O) groups is 2. The number of carboxylic acids is 1. The zero-order chi connectivity index (χ0) is 12.4. The van der Waals surface area contributed by atoms with Crippen molar-refractivity contribution in [2.24, 2.45) is 0 Å². The second-order valence-electron chi connectivity index (χ2n) is 3.57. The number of pyridine rings is 1. The highest BCUT2D eigenvalue weighted by Crippen LogP contribution is 2.13. The summed E-state index contributed by atoms with van der Waals surface area (Å²) in [6.07, 6.45) is 2.99. The van der Waals surface area contributed by atoms with Crippen molar-refractivity contribution in [3.8, 4) is 0 Å². The van der Waals surface area contributed by atoms with Gasteiger partial charge in [-0.3, -0.25) is 9.78 Å². The number of carboxylic acid groups (broad SMARTS) is 1. The molecule has 0 saturated heterocycles. The molecule has 0 atom stereocenters. The van der Waals surface area contributed by atoms with Gasteiger partial charge in [0.25, 0.3) is 0 Å². The molecule has 2 heterocycles.